The van der Waals surface area contributed by atoms with Crippen LogP contribution in [0.5, 0.6) is 0 Å². The van der Waals surface area contributed by atoms with Gasteiger partial charge in [0.2, 0.25) is 0 Å². The van der Waals surface area contributed by atoms with E-state index >= 15 is 0 Å². The van der Waals surface area contributed by atoms with Gasteiger partial charge in [-0.2, -0.15) is 5.10 Å². The Bertz CT molecular complexity index is 719. The smallest absolute Gasteiger partial charge is 0.276 e. The number of likely N-dealkylation sites (tertiary alicyclic amines) is 1. The van der Waals surface area contributed by atoms with Crippen LogP contribution in [0.2, 0.25) is 0 Å². The minimum absolute atomic E-state index is 0.0371. The van der Waals surface area contributed by atoms with Crippen LogP contribution in [-0.2, 0) is 13.1 Å². The van der Waals surface area contributed by atoms with Gasteiger partial charge in [0.1, 0.15) is 0 Å². The van der Waals surface area contributed by atoms with Crippen LogP contribution < -0.4 is 0 Å². The molecule has 1 aliphatic heterocycles. The number of nitrogens with zero attached hydrogens (tertiary/aromatic N) is 6. The van der Waals surface area contributed by atoms with Crippen LogP contribution in [0.25, 0.3) is 0 Å². The molecule has 7 heteroatoms. The van der Waals surface area contributed by atoms with E-state index in [0.717, 1.165) is 38.9 Å². The van der Waals surface area contributed by atoms with Gasteiger partial charge in [0, 0.05) is 38.1 Å². The van der Waals surface area contributed by atoms with Crippen molar-refractivity contribution in [3.05, 3.63) is 30.4 Å². The monoisotopic (exact) mass is 370 g/mol. The van der Waals surface area contributed by atoms with Crippen molar-refractivity contribution < 1.29 is 4.79 Å². The molecular weight excluding hydrogens is 340 g/mol. The number of aromatic nitrogens is 5. The Morgan fingerprint density at radius 1 is 1.07 bits per heavy atom. The average Bonchev–Trinajstić information content (AvgIpc) is 3.39. The van der Waals surface area contributed by atoms with E-state index in [1.165, 1.54) is 38.5 Å². The summed E-state index contributed by atoms with van der Waals surface area (Å²) in [4.78, 5) is 15.1. The summed E-state index contributed by atoms with van der Waals surface area (Å²) in [6, 6.07) is 2.20. The lowest BCUT2D eigenvalue weighted by Crippen LogP contribution is -2.44. The number of hydrogen-bond acceptors (Lipinski definition) is 4. The molecule has 0 radical (unpaired) electrons. The third kappa shape index (κ3) is 4.57. The molecule has 3 heterocycles. The number of piperidine rings is 1. The third-order valence-corrected chi connectivity index (χ3v) is 6.07. The molecule has 7 nitrogen and oxygen atoms in total. The van der Waals surface area contributed by atoms with E-state index in [1.54, 1.807) is 6.20 Å². The van der Waals surface area contributed by atoms with E-state index in [2.05, 4.69) is 15.4 Å². The van der Waals surface area contributed by atoms with Crippen molar-refractivity contribution in [1.29, 1.82) is 0 Å². The topological polar surface area (TPSA) is 68.8 Å². The summed E-state index contributed by atoms with van der Waals surface area (Å²) in [6.45, 7) is 2.55. The van der Waals surface area contributed by atoms with E-state index in [1.807, 2.05) is 32.7 Å². The van der Waals surface area contributed by atoms with Gasteiger partial charge in [-0.25, -0.2) is 0 Å². The molecule has 0 bridgehead atoms. The first-order chi connectivity index (χ1) is 13.3. The maximum absolute atomic E-state index is 13.1. The molecular formula is C20H30N6O. The number of carbonyl (C=O) groups is 1. The molecule has 0 spiro atoms. The summed E-state index contributed by atoms with van der Waals surface area (Å²) < 4.78 is 3.82. The van der Waals surface area contributed by atoms with Crippen LogP contribution in [0.1, 0.15) is 68.3 Å². The maximum Gasteiger partial charge on any atom is 0.276 e. The largest absolute Gasteiger partial charge is 0.334 e. The zero-order chi connectivity index (χ0) is 18.5. The number of rotatable bonds is 6. The van der Waals surface area contributed by atoms with Crippen molar-refractivity contribution in [3.8, 4) is 0 Å². The molecule has 2 aromatic heterocycles. The fraction of sp³-hybridized carbons (Fsp3) is 0.700. The summed E-state index contributed by atoms with van der Waals surface area (Å²) in [5.74, 6) is 0.718. The van der Waals surface area contributed by atoms with Crippen LogP contribution in [0, 0.1) is 5.92 Å². The van der Waals surface area contributed by atoms with Crippen molar-refractivity contribution >= 4 is 5.91 Å². The van der Waals surface area contributed by atoms with Gasteiger partial charge in [-0.05, 0) is 50.5 Å². The van der Waals surface area contributed by atoms with Crippen LogP contribution >= 0.6 is 0 Å². The summed E-state index contributed by atoms with van der Waals surface area (Å²) >= 11 is 0. The molecule has 4 rings (SSSR count). The molecule has 1 saturated carbocycles. The minimum atomic E-state index is 0.0371. The maximum atomic E-state index is 13.1. The highest BCUT2D eigenvalue weighted by atomic mass is 16.2. The zero-order valence-electron chi connectivity index (χ0n) is 16.0. The van der Waals surface area contributed by atoms with Crippen LogP contribution in [0.3, 0.4) is 0 Å². The first kappa shape index (κ1) is 18.2. The molecule has 1 aliphatic carbocycles. The number of carbonyl (C=O) groups excluding carboxylic acids is 1. The number of aryl methyl sites for hydroxylation is 1. The molecule has 1 amide bonds. The highest BCUT2D eigenvalue weighted by Crippen LogP contribution is 2.25. The van der Waals surface area contributed by atoms with Gasteiger partial charge in [-0.15, -0.1) is 5.10 Å². The Labute approximate surface area is 160 Å². The molecule has 146 valence electrons. The van der Waals surface area contributed by atoms with Gasteiger partial charge in [0.25, 0.3) is 5.91 Å². The Hall–Kier alpha value is -2.18. The fourth-order valence-electron chi connectivity index (χ4n) is 4.55. The summed E-state index contributed by atoms with van der Waals surface area (Å²) in [7, 11) is 0. The van der Waals surface area contributed by atoms with Crippen LogP contribution in [0.15, 0.2) is 24.7 Å². The fourth-order valence-corrected chi connectivity index (χ4v) is 4.55. The molecule has 1 atom stereocenters. The Kier molecular flexibility index (Phi) is 5.84. The quantitative estimate of drug-likeness (QED) is 0.783. The van der Waals surface area contributed by atoms with Gasteiger partial charge >= 0.3 is 0 Å². The van der Waals surface area contributed by atoms with Crippen molar-refractivity contribution in [3.63, 3.8) is 0 Å². The molecule has 2 aliphatic rings. The van der Waals surface area contributed by atoms with Crippen molar-refractivity contribution in [2.24, 2.45) is 5.92 Å². The summed E-state index contributed by atoms with van der Waals surface area (Å²) in [5.41, 5.74) is 0.497. The Morgan fingerprint density at radius 2 is 1.93 bits per heavy atom. The second-order valence-corrected chi connectivity index (χ2v) is 8.04. The van der Waals surface area contributed by atoms with E-state index in [-0.39, 0.29) is 11.9 Å². The van der Waals surface area contributed by atoms with Crippen LogP contribution in [-0.4, -0.2) is 48.2 Å². The molecule has 2 aromatic rings. The number of hydrogen-bond donors (Lipinski definition) is 0. The van der Waals surface area contributed by atoms with Gasteiger partial charge in [0.15, 0.2) is 5.69 Å². The predicted octanol–water partition coefficient (Wildman–Crippen LogP) is 3.14. The molecule has 0 aromatic carbocycles. The van der Waals surface area contributed by atoms with E-state index in [0.29, 0.717) is 11.6 Å². The van der Waals surface area contributed by atoms with Gasteiger partial charge in [0.05, 0.1) is 6.20 Å². The first-order valence-corrected chi connectivity index (χ1v) is 10.5. The second-order valence-electron chi connectivity index (χ2n) is 8.04. The predicted molar refractivity (Wildman–Crippen MR) is 102 cm³/mol. The standard InChI is InChI=1S/C20H30N6O/c27-20(19-16-25(23-22-19)15-17-7-2-1-3-8-17)26-13-5-4-9-18(26)10-14-24-12-6-11-21-24/h6,11-12,16-18H,1-5,7-10,13-15H2. The summed E-state index contributed by atoms with van der Waals surface area (Å²) in [6.07, 6.45) is 16.4. The van der Waals surface area contributed by atoms with E-state index in [4.69, 9.17) is 0 Å². The van der Waals surface area contributed by atoms with Gasteiger partial charge < -0.3 is 4.90 Å². The second kappa shape index (κ2) is 8.67. The molecule has 27 heavy (non-hydrogen) atoms. The van der Waals surface area contributed by atoms with Crippen molar-refractivity contribution in [2.75, 3.05) is 6.54 Å². The summed E-state index contributed by atoms with van der Waals surface area (Å²) in [5, 5.41) is 12.7. The van der Waals surface area contributed by atoms with Crippen molar-refractivity contribution in [1.82, 2.24) is 29.7 Å². The molecule has 2 fully saturated rings. The first-order valence-electron chi connectivity index (χ1n) is 10.5. The Morgan fingerprint density at radius 3 is 2.74 bits per heavy atom. The van der Waals surface area contributed by atoms with Crippen LogP contribution in [0.4, 0.5) is 0 Å². The minimum Gasteiger partial charge on any atom is -0.334 e. The zero-order valence-corrected chi connectivity index (χ0v) is 16.0. The lowest BCUT2D eigenvalue weighted by Gasteiger charge is -2.35. The SMILES string of the molecule is O=C(c1cn(CC2CCCCC2)nn1)N1CCCCC1CCn1cccn1. The normalized spacial score (nSPS) is 21.5. The Balaban J connectivity index is 1.37. The molecule has 0 N–H and O–H groups in total. The van der Waals surface area contributed by atoms with Gasteiger partial charge in [-0.1, -0.05) is 24.5 Å². The van der Waals surface area contributed by atoms with Crippen molar-refractivity contribution in [2.45, 2.75) is 76.9 Å². The lowest BCUT2D eigenvalue weighted by atomic mass is 9.89. The average molecular weight is 371 g/mol. The number of amides is 1. The molecule has 1 saturated heterocycles. The highest BCUT2D eigenvalue weighted by Gasteiger charge is 2.29. The van der Waals surface area contributed by atoms with Gasteiger partial charge in [-0.3, -0.25) is 14.2 Å². The van der Waals surface area contributed by atoms with E-state index in [9.17, 15) is 4.79 Å². The molecule has 1 unspecified atom stereocenters. The highest BCUT2D eigenvalue weighted by molar-refractivity contribution is 5.92. The van der Waals surface area contributed by atoms with E-state index < -0.39 is 0 Å². The third-order valence-electron chi connectivity index (χ3n) is 6.07. The lowest BCUT2D eigenvalue weighted by molar-refractivity contribution is 0.0587.